The Bertz CT molecular complexity index is 2480. The zero-order chi connectivity index (χ0) is 32.6. The Balaban J connectivity index is 1.11. The molecule has 7 aromatic carbocycles. The average Bonchev–Trinajstić information content (AvgIpc) is 3.57. The van der Waals surface area contributed by atoms with Gasteiger partial charge in [0.15, 0.2) is 5.84 Å². The van der Waals surface area contributed by atoms with Crippen LogP contribution in [0, 0.1) is 0 Å². The number of nitrogens with zero attached hydrogens (tertiary/aromatic N) is 2. The molecule has 49 heavy (non-hydrogen) atoms. The lowest BCUT2D eigenvalue weighted by atomic mass is 9.98. The van der Waals surface area contributed by atoms with Gasteiger partial charge in [-0.3, -0.25) is 0 Å². The summed E-state index contributed by atoms with van der Waals surface area (Å²) in [4.78, 5) is 10.2. The largest absolute Gasteiger partial charge is 0.456 e. The smallest absolute Gasteiger partial charge is 0.159 e. The maximum absolute atomic E-state index is 6.50. The fourth-order valence-corrected chi connectivity index (χ4v) is 6.65. The molecule has 4 heteroatoms. The van der Waals surface area contributed by atoms with Crippen molar-refractivity contribution in [2.75, 3.05) is 0 Å². The Hall–Kier alpha value is -6.52. The van der Waals surface area contributed by atoms with Crippen LogP contribution >= 0.6 is 0 Å². The van der Waals surface area contributed by atoms with Crippen LogP contribution in [-0.4, -0.2) is 11.7 Å². The number of furan rings is 1. The van der Waals surface area contributed by atoms with E-state index in [0.29, 0.717) is 5.84 Å². The van der Waals surface area contributed by atoms with Gasteiger partial charge in [0.2, 0.25) is 0 Å². The highest BCUT2D eigenvalue weighted by Crippen LogP contribution is 2.36. The third kappa shape index (κ3) is 5.49. The van der Waals surface area contributed by atoms with E-state index < -0.39 is 0 Å². The molecule has 1 unspecified atom stereocenters. The Morgan fingerprint density at radius 3 is 1.61 bits per heavy atom. The highest BCUT2D eigenvalue weighted by molar-refractivity contribution is 6.22. The summed E-state index contributed by atoms with van der Waals surface area (Å²) in [5.41, 5.74) is 11.7. The number of amidine groups is 2. The van der Waals surface area contributed by atoms with E-state index in [-0.39, 0.29) is 6.17 Å². The molecule has 232 valence electrons. The van der Waals surface area contributed by atoms with Crippen molar-refractivity contribution >= 4 is 33.6 Å². The van der Waals surface area contributed by atoms with E-state index in [2.05, 4.69) is 139 Å². The van der Waals surface area contributed by atoms with Crippen molar-refractivity contribution in [2.24, 2.45) is 9.98 Å². The molecule has 0 radical (unpaired) electrons. The second kappa shape index (κ2) is 12.3. The molecule has 0 saturated heterocycles. The Morgan fingerprint density at radius 2 is 0.980 bits per heavy atom. The zero-order valence-corrected chi connectivity index (χ0v) is 26.6. The molecule has 1 N–H and O–H groups in total. The van der Waals surface area contributed by atoms with Gasteiger partial charge in [-0.1, -0.05) is 158 Å². The normalized spacial score (nSPS) is 14.3. The maximum atomic E-state index is 6.50. The van der Waals surface area contributed by atoms with E-state index in [4.69, 9.17) is 14.4 Å². The van der Waals surface area contributed by atoms with Gasteiger partial charge in [0.25, 0.3) is 0 Å². The molecule has 0 spiro atoms. The molecule has 1 aliphatic heterocycles. The number of hydrogen-bond acceptors (Lipinski definition) is 4. The third-order valence-electron chi connectivity index (χ3n) is 9.19. The van der Waals surface area contributed by atoms with Crippen molar-refractivity contribution in [3.05, 3.63) is 193 Å². The summed E-state index contributed by atoms with van der Waals surface area (Å²) < 4.78 is 6.50. The fraction of sp³-hybridized carbons (Fsp3) is 0.0222. The molecular formula is C45H31N3O. The lowest BCUT2D eigenvalue weighted by Gasteiger charge is -2.24. The minimum atomic E-state index is -0.295. The van der Waals surface area contributed by atoms with Crippen LogP contribution in [0.4, 0.5) is 0 Å². The van der Waals surface area contributed by atoms with Crippen molar-refractivity contribution in [2.45, 2.75) is 6.17 Å². The first kappa shape index (κ1) is 28.7. The molecule has 4 nitrogen and oxygen atoms in total. The number of hydrogen-bond donors (Lipinski definition) is 1. The van der Waals surface area contributed by atoms with Crippen molar-refractivity contribution < 1.29 is 4.42 Å². The first-order valence-electron chi connectivity index (χ1n) is 16.5. The van der Waals surface area contributed by atoms with Crippen LogP contribution in [0.3, 0.4) is 0 Å². The number of fused-ring (bicyclic) bond motifs is 3. The predicted molar refractivity (Wildman–Crippen MR) is 202 cm³/mol. The van der Waals surface area contributed by atoms with Gasteiger partial charge in [-0.2, -0.15) is 0 Å². The molecule has 0 amide bonds. The quantitative estimate of drug-likeness (QED) is 0.199. The average molecular weight is 630 g/mol. The van der Waals surface area contributed by atoms with Gasteiger partial charge >= 0.3 is 0 Å². The van der Waals surface area contributed by atoms with Crippen LogP contribution in [0.5, 0.6) is 0 Å². The van der Waals surface area contributed by atoms with Crippen molar-refractivity contribution in [3.63, 3.8) is 0 Å². The van der Waals surface area contributed by atoms with E-state index in [1.165, 1.54) is 16.7 Å². The fourth-order valence-electron chi connectivity index (χ4n) is 6.65. The summed E-state index contributed by atoms with van der Waals surface area (Å²) in [6, 6.07) is 61.0. The molecule has 1 aliphatic rings. The Labute approximate surface area is 284 Å². The van der Waals surface area contributed by atoms with Crippen LogP contribution in [0.1, 0.15) is 22.9 Å². The lowest BCUT2D eigenvalue weighted by Crippen LogP contribution is -2.33. The Morgan fingerprint density at radius 1 is 0.449 bits per heavy atom. The Kier molecular flexibility index (Phi) is 7.17. The van der Waals surface area contributed by atoms with Crippen molar-refractivity contribution in [1.29, 1.82) is 0 Å². The second-order valence-corrected chi connectivity index (χ2v) is 12.2. The SMILES string of the molecule is c1ccc(-c2ccc(C3=NC(c4ccccc4)NC(c4cccc5oc6cc(-c7ccc(-c8ccccc8)cc7)ccc6c45)=N3)cc2)cc1. The summed E-state index contributed by atoms with van der Waals surface area (Å²) in [6.07, 6.45) is -0.295. The first-order valence-corrected chi connectivity index (χ1v) is 16.5. The summed E-state index contributed by atoms with van der Waals surface area (Å²) >= 11 is 0. The molecule has 0 bridgehead atoms. The minimum absolute atomic E-state index is 0.295. The van der Waals surface area contributed by atoms with Gasteiger partial charge in [0.05, 0.1) is 0 Å². The van der Waals surface area contributed by atoms with Crippen molar-refractivity contribution in [1.82, 2.24) is 5.32 Å². The molecule has 1 aromatic heterocycles. The molecule has 2 heterocycles. The van der Waals surface area contributed by atoms with Gasteiger partial charge in [-0.05, 0) is 57.1 Å². The van der Waals surface area contributed by atoms with Crippen LogP contribution < -0.4 is 5.32 Å². The highest BCUT2D eigenvalue weighted by atomic mass is 16.3. The van der Waals surface area contributed by atoms with E-state index in [1.807, 2.05) is 42.5 Å². The topological polar surface area (TPSA) is 49.9 Å². The van der Waals surface area contributed by atoms with Crippen LogP contribution in [0.2, 0.25) is 0 Å². The zero-order valence-electron chi connectivity index (χ0n) is 26.6. The monoisotopic (exact) mass is 629 g/mol. The van der Waals surface area contributed by atoms with Gasteiger partial charge in [-0.15, -0.1) is 0 Å². The van der Waals surface area contributed by atoms with Crippen LogP contribution in [-0.2, 0) is 0 Å². The molecular weight excluding hydrogens is 599 g/mol. The van der Waals surface area contributed by atoms with Crippen LogP contribution in [0.15, 0.2) is 190 Å². The number of aliphatic imine (C=N–C) groups is 2. The molecule has 0 saturated carbocycles. The maximum Gasteiger partial charge on any atom is 0.159 e. The van der Waals surface area contributed by atoms with E-state index in [1.54, 1.807) is 0 Å². The van der Waals surface area contributed by atoms with E-state index in [0.717, 1.165) is 61.2 Å². The number of benzene rings is 7. The van der Waals surface area contributed by atoms with Crippen molar-refractivity contribution in [3.8, 4) is 33.4 Å². The summed E-state index contributed by atoms with van der Waals surface area (Å²) in [5.74, 6) is 1.45. The van der Waals surface area contributed by atoms with Gasteiger partial charge in [-0.25, -0.2) is 9.98 Å². The number of nitrogens with one attached hydrogen (secondary N) is 1. The second-order valence-electron chi connectivity index (χ2n) is 12.2. The van der Waals surface area contributed by atoms with Gasteiger partial charge in [0, 0.05) is 21.9 Å². The van der Waals surface area contributed by atoms with E-state index in [9.17, 15) is 0 Å². The predicted octanol–water partition coefficient (Wildman–Crippen LogP) is 11.1. The summed E-state index contributed by atoms with van der Waals surface area (Å²) in [5, 5.41) is 5.72. The summed E-state index contributed by atoms with van der Waals surface area (Å²) in [6.45, 7) is 0. The first-order chi connectivity index (χ1) is 24.3. The molecule has 8 aromatic rings. The molecule has 0 aliphatic carbocycles. The van der Waals surface area contributed by atoms with Gasteiger partial charge in [0.1, 0.15) is 23.2 Å². The van der Waals surface area contributed by atoms with E-state index >= 15 is 0 Å². The summed E-state index contributed by atoms with van der Waals surface area (Å²) in [7, 11) is 0. The lowest BCUT2D eigenvalue weighted by molar-refractivity contribution is 0.668. The minimum Gasteiger partial charge on any atom is -0.456 e. The molecule has 9 rings (SSSR count). The third-order valence-corrected chi connectivity index (χ3v) is 9.19. The van der Waals surface area contributed by atoms with Crippen LogP contribution in [0.25, 0.3) is 55.3 Å². The standard InChI is InChI=1S/C45H31N3O/c1-4-11-30(12-5-1)32-19-21-34(22-20-32)37-27-28-38-41(29-37)49-40-18-10-17-39(42(38)40)45-47-43(35-15-8-3-9-16-35)46-44(48-45)36-25-23-33(24-26-36)31-13-6-2-7-14-31/h1-29,43H,(H,46,47,48). The number of rotatable bonds is 6. The molecule has 1 atom stereocenters. The highest BCUT2D eigenvalue weighted by Gasteiger charge is 2.24. The molecule has 0 fully saturated rings. The van der Waals surface area contributed by atoms with Gasteiger partial charge < -0.3 is 9.73 Å².